The highest BCUT2D eigenvalue weighted by atomic mass is 16.4. The SMILES string of the molecule is Cc1cc(-c2ccccc2)cc(C)c1Nc1cnccc1C(=O)O. The minimum absolute atomic E-state index is 0.205. The fraction of sp³-hybridized carbons (Fsp3) is 0.100. The molecule has 0 fully saturated rings. The van der Waals surface area contributed by atoms with Crippen LogP contribution in [0.4, 0.5) is 11.4 Å². The minimum Gasteiger partial charge on any atom is -0.478 e. The Morgan fingerprint density at radius 3 is 2.29 bits per heavy atom. The number of aryl methyl sites for hydroxylation is 2. The van der Waals surface area contributed by atoms with E-state index in [4.69, 9.17) is 0 Å². The van der Waals surface area contributed by atoms with Gasteiger partial charge in [0.1, 0.15) is 0 Å². The largest absolute Gasteiger partial charge is 0.478 e. The lowest BCUT2D eigenvalue weighted by molar-refractivity contribution is 0.0698. The van der Waals surface area contributed by atoms with Crippen LogP contribution in [0.5, 0.6) is 0 Å². The van der Waals surface area contributed by atoms with Crippen LogP contribution in [0.15, 0.2) is 60.9 Å². The van der Waals surface area contributed by atoms with Crippen molar-refractivity contribution in [3.63, 3.8) is 0 Å². The number of hydrogen-bond donors (Lipinski definition) is 2. The summed E-state index contributed by atoms with van der Waals surface area (Å²) in [5.41, 5.74) is 6.00. The molecule has 0 saturated carbocycles. The molecule has 0 aliphatic heterocycles. The molecule has 0 unspecified atom stereocenters. The van der Waals surface area contributed by atoms with Gasteiger partial charge in [-0.05, 0) is 54.3 Å². The highest BCUT2D eigenvalue weighted by Crippen LogP contribution is 2.31. The Labute approximate surface area is 140 Å². The van der Waals surface area contributed by atoms with E-state index in [0.29, 0.717) is 5.69 Å². The maximum absolute atomic E-state index is 11.4. The van der Waals surface area contributed by atoms with Crippen LogP contribution in [0.3, 0.4) is 0 Å². The summed E-state index contributed by atoms with van der Waals surface area (Å²) in [6.45, 7) is 4.02. The normalized spacial score (nSPS) is 10.4. The average molecular weight is 318 g/mol. The summed E-state index contributed by atoms with van der Waals surface area (Å²) in [6, 6.07) is 15.9. The summed E-state index contributed by atoms with van der Waals surface area (Å²) in [6.07, 6.45) is 3.01. The smallest absolute Gasteiger partial charge is 0.337 e. The van der Waals surface area contributed by atoms with Crippen LogP contribution in [-0.2, 0) is 0 Å². The van der Waals surface area contributed by atoms with Crippen LogP contribution < -0.4 is 5.32 Å². The Balaban J connectivity index is 2.00. The van der Waals surface area contributed by atoms with E-state index in [1.165, 1.54) is 18.5 Å². The lowest BCUT2D eigenvalue weighted by Crippen LogP contribution is -2.05. The number of carboxylic acids is 1. The molecule has 0 amide bonds. The molecule has 3 aromatic rings. The molecule has 4 heteroatoms. The van der Waals surface area contributed by atoms with Crippen molar-refractivity contribution in [3.8, 4) is 11.1 Å². The van der Waals surface area contributed by atoms with E-state index in [0.717, 1.165) is 27.9 Å². The number of hydrogen-bond acceptors (Lipinski definition) is 3. The molecule has 0 bridgehead atoms. The van der Waals surface area contributed by atoms with Gasteiger partial charge in [0.15, 0.2) is 0 Å². The second-order valence-corrected chi connectivity index (χ2v) is 5.70. The third-order valence-electron chi connectivity index (χ3n) is 3.95. The third kappa shape index (κ3) is 3.13. The number of rotatable bonds is 4. The first-order chi connectivity index (χ1) is 11.6. The number of aromatic carboxylic acids is 1. The number of pyridine rings is 1. The quantitative estimate of drug-likeness (QED) is 0.725. The van der Waals surface area contributed by atoms with Gasteiger partial charge < -0.3 is 10.4 Å². The summed E-state index contributed by atoms with van der Waals surface area (Å²) >= 11 is 0. The third-order valence-corrected chi connectivity index (χ3v) is 3.95. The molecule has 24 heavy (non-hydrogen) atoms. The predicted molar refractivity (Wildman–Crippen MR) is 95.8 cm³/mol. The monoisotopic (exact) mass is 318 g/mol. The van der Waals surface area contributed by atoms with Crippen LogP contribution in [0.25, 0.3) is 11.1 Å². The molecule has 3 rings (SSSR count). The van der Waals surface area contributed by atoms with E-state index in [9.17, 15) is 9.90 Å². The van der Waals surface area contributed by atoms with Crippen molar-refractivity contribution in [1.82, 2.24) is 4.98 Å². The molecule has 0 atom stereocenters. The minimum atomic E-state index is -0.976. The van der Waals surface area contributed by atoms with Gasteiger partial charge in [0.2, 0.25) is 0 Å². The molecule has 1 aromatic heterocycles. The van der Waals surface area contributed by atoms with E-state index in [1.807, 2.05) is 32.0 Å². The van der Waals surface area contributed by atoms with Gasteiger partial charge in [-0.3, -0.25) is 4.98 Å². The molecule has 0 aliphatic rings. The molecule has 120 valence electrons. The zero-order valence-corrected chi connectivity index (χ0v) is 13.6. The van der Waals surface area contributed by atoms with Gasteiger partial charge in [-0.1, -0.05) is 30.3 Å². The topological polar surface area (TPSA) is 62.2 Å². The van der Waals surface area contributed by atoms with Crippen LogP contribution in [-0.4, -0.2) is 16.1 Å². The Morgan fingerprint density at radius 1 is 1.00 bits per heavy atom. The zero-order chi connectivity index (χ0) is 17.1. The molecule has 0 radical (unpaired) electrons. The van der Waals surface area contributed by atoms with Gasteiger partial charge in [-0.15, -0.1) is 0 Å². The maximum Gasteiger partial charge on any atom is 0.337 e. The lowest BCUT2D eigenvalue weighted by Gasteiger charge is -2.16. The second kappa shape index (κ2) is 6.54. The van der Waals surface area contributed by atoms with Crippen molar-refractivity contribution in [2.24, 2.45) is 0 Å². The van der Waals surface area contributed by atoms with Crippen molar-refractivity contribution in [3.05, 3.63) is 77.6 Å². The van der Waals surface area contributed by atoms with Gasteiger partial charge in [0, 0.05) is 11.9 Å². The van der Waals surface area contributed by atoms with Gasteiger partial charge in [0.05, 0.1) is 17.4 Å². The van der Waals surface area contributed by atoms with E-state index in [1.54, 1.807) is 0 Å². The predicted octanol–water partition coefficient (Wildman–Crippen LogP) is 4.81. The highest BCUT2D eigenvalue weighted by Gasteiger charge is 2.13. The maximum atomic E-state index is 11.4. The Bertz CT molecular complexity index is 866. The molecule has 0 saturated heterocycles. The number of carboxylic acid groups (broad SMARTS) is 1. The number of anilines is 2. The van der Waals surface area contributed by atoms with E-state index >= 15 is 0 Å². The van der Waals surface area contributed by atoms with E-state index in [-0.39, 0.29) is 5.56 Å². The number of carbonyl (C=O) groups is 1. The molecule has 2 aromatic carbocycles. The van der Waals surface area contributed by atoms with Gasteiger partial charge in [-0.25, -0.2) is 4.79 Å². The van der Waals surface area contributed by atoms with E-state index < -0.39 is 5.97 Å². The van der Waals surface area contributed by atoms with Crippen molar-refractivity contribution >= 4 is 17.3 Å². The van der Waals surface area contributed by atoms with Gasteiger partial charge >= 0.3 is 5.97 Å². The van der Waals surface area contributed by atoms with E-state index in [2.05, 4.69) is 34.6 Å². The van der Waals surface area contributed by atoms with Crippen LogP contribution in [0, 0.1) is 13.8 Å². The fourth-order valence-corrected chi connectivity index (χ4v) is 2.77. The number of nitrogens with zero attached hydrogens (tertiary/aromatic N) is 1. The Hall–Kier alpha value is -3.14. The summed E-state index contributed by atoms with van der Waals surface area (Å²) in [4.78, 5) is 15.4. The first-order valence-corrected chi connectivity index (χ1v) is 7.67. The van der Waals surface area contributed by atoms with Crippen LogP contribution in [0.2, 0.25) is 0 Å². The van der Waals surface area contributed by atoms with Crippen molar-refractivity contribution in [1.29, 1.82) is 0 Å². The fourth-order valence-electron chi connectivity index (χ4n) is 2.77. The van der Waals surface area contributed by atoms with Crippen molar-refractivity contribution in [2.75, 3.05) is 5.32 Å². The number of nitrogens with one attached hydrogen (secondary N) is 1. The molecule has 2 N–H and O–H groups in total. The first-order valence-electron chi connectivity index (χ1n) is 7.67. The van der Waals surface area contributed by atoms with Crippen LogP contribution in [0.1, 0.15) is 21.5 Å². The molecular formula is C20H18N2O2. The van der Waals surface area contributed by atoms with Gasteiger partial charge in [-0.2, -0.15) is 0 Å². The zero-order valence-electron chi connectivity index (χ0n) is 13.6. The molecule has 0 aliphatic carbocycles. The van der Waals surface area contributed by atoms with Crippen molar-refractivity contribution in [2.45, 2.75) is 13.8 Å². The lowest BCUT2D eigenvalue weighted by atomic mass is 9.98. The molecule has 1 heterocycles. The number of aromatic nitrogens is 1. The second-order valence-electron chi connectivity index (χ2n) is 5.70. The van der Waals surface area contributed by atoms with Crippen LogP contribution >= 0.6 is 0 Å². The first kappa shape index (κ1) is 15.7. The Morgan fingerprint density at radius 2 is 1.67 bits per heavy atom. The highest BCUT2D eigenvalue weighted by molar-refractivity contribution is 5.95. The standard InChI is InChI=1S/C20H18N2O2/c1-13-10-16(15-6-4-3-5-7-15)11-14(2)19(13)22-18-12-21-9-8-17(18)20(23)24/h3-12,22H,1-2H3,(H,23,24). The number of benzene rings is 2. The summed E-state index contributed by atoms with van der Waals surface area (Å²) in [5, 5.41) is 12.5. The molecular weight excluding hydrogens is 300 g/mol. The Kier molecular flexibility index (Phi) is 4.29. The summed E-state index contributed by atoms with van der Waals surface area (Å²) in [5.74, 6) is -0.976. The summed E-state index contributed by atoms with van der Waals surface area (Å²) in [7, 11) is 0. The van der Waals surface area contributed by atoms with Crippen molar-refractivity contribution < 1.29 is 9.90 Å². The van der Waals surface area contributed by atoms with Gasteiger partial charge in [0.25, 0.3) is 0 Å². The average Bonchev–Trinajstić information content (AvgIpc) is 2.59. The summed E-state index contributed by atoms with van der Waals surface area (Å²) < 4.78 is 0. The molecule has 4 nitrogen and oxygen atoms in total. The molecule has 0 spiro atoms.